The molecule has 0 aromatic rings. The second-order valence-electron chi connectivity index (χ2n) is 4.19. The minimum atomic E-state index is -0.958. The molecule has 106 valence electrons. The molecule has 0 rings (SSSR count). The average Bonchev–Trinajstić information content (AvgIpc) is 2.33. The Kier molecular flexibility index (Phi) is 10.9. The van der Waals surface area contributed by atoms with Crippen molar-refractivity contribution in [3.8, 4) is 0 Å². The highest BCUT2D eigenvalue weighted by Crippen LogP contribution is 2.04. The highest BCUT2D eigenvalue weighted by atomic mass is 32.2. The zero-order valence-electron chi connectivity index (χ0n) is 11.0. The fourth-order valence-electron chi connectivity index (χ4n) is 1.54. The van der Waals surface area contributed by atoms with Gasteiger partial charge in [0.05, 0.1) is 0 Å². The van der Waals surface area contributed by atoms with Gasteiger partial charge in [0.25, 0.3) is 0 Å². The van der Waals surface area contributed by atoms with Crippen molar-refractivity contribution in [3.63, 3.8) is 0 Å². The molecule has 0 aliphatic rings. The van der Waals surface area contributed by atoms with Crippen LogP contribution >= 0.6 is 11.8 Å². The van der Waals surface area contributed by atoms with Gasteiger partial charge < -0.3 is 16.2 Å². The quantitative estimate of drug-likeness (QED) is 0.493. The number of hydrogen-bond acceptors (Lipinski definition) is 4. The van der Waals surface area contributed by atoms with Crippen LogP contribution in [0.2, 0.25) is 0 Å². The summed E-state index contributed by atoms with van der Waals surface area (Å²) in [5.41, 5.74) is 5.37. The van der Waals surface area contributed by atoms with Gasteiger partial charge in [-0.25, -0.2) is 4.79 Å². The number of carboxylic acid groups (broad SMARTS) is 1. The van der Waals surface area contributed by atoms with Crippen LogP contribution in [0.3, 0.4) is 0 Å². The van der Waals surface area contributed by atoms with Crippen LogP contribution in [0.15, 0.2) is 0 Å². The maximum absolute atomic E-state index is 11.5. The molecule has 18 heavy (non-hydrogen) atoms. The minimum Gasteiger partial charge on any atom is -0.480 e. The summed E-state index contributed by atoms with van der Waals surface area (Å²) in [4.78, 5) is 22.5. The normalized spacial score (nSPS) is 12.1. The summed E-state index contributed by atoms with van der Waals surface area (Å²) in [5.74, 6) is -0.398. The van der Waals surface area contributed by atoms with Gasteiger partial charge in [-0.3, -0.25) is 4.79 Å². The summed E-state index contributed by atoms with van der Waals surface area (Å²) in [5, 5.41) is 11.5. The highest BCUT2D eigenvalue weighted by Gasteiger charge is 2.18. The summed E-state index contributed by atoms with van der Waals surface area (Å²) in [6.07, 6.45) is 6.54. The molecule has 0 aliphatic carbocycles. The smallest absolute Gasteiger partial charge is 0.326 e. The van der Waals surface area contributed by atoms with E-state index in [9.17, 15) is 9.59 Å². The summed E-state index contributed by atoms with van der Waals surface area (Å²) in [6, 6.07) is -0.756. The molecule has 0 saturated carbocycles. The van der Waals surface area contributed by atoms with Gasteiger partial charge in [-0.15, -0.1) is 0 Å². The Morgan fingerprint density at radius 1 is 1.28 bits per heavy atom. The molecular formula is C12H24N2O3S. The van der Waals surface area contributed by atoms with E-state index in [1.165, 1.54) is 0 Å². The second-order valence-corrected chi connectivity index (χ2v) is 5.18. The lowest BCUT2D eigenvalue weighted by molar-refractivity contribution is -0.141. The predicted molar refractivity (Wildman–Crippen MR) is 74.7 cm³/mol. The number of thioether (sulfide) groups is 1. The van der Waals surface area contributed by atoms with Crippen molar-refractivity contribution in [2.45, 2.75) is 44.6 Å². The Morgan fingerprint density at radius 3 is 2.50 bits per heavy atom. The maximum Gasteiger partial charge on any atom is 0.326 e. The van der Waals surface area contributed by atoms with Crippen LogP contribution in [0.25, 0.3) is 0 Å². The SMILES string of the molecule is CSCC[C@@H](NC(=O)CCCCCCN)C(=O)O. The summed E-state index contributed by atoms with van der Waals surface area (Å²) >= 11 is 1.57. The number of amides is 1. The number of hydrogen-bond donors (Lipinski definition) is 3. The third-order valence-corrected chi connectivity index (χ3v) is 3.25. The van der Waals surface area contributed by atoms with Gasteiger partial charge in [0.2, 0.25) is 5.91 Å². The highest BCUT2D eigenvalue weighted by molar-refractivity contribution is 7.98. The molecule has 1 amide bonds. The first kappa shape index (κ1) is 17.2. The van der Waals surface area contributed by atoms with Crippen LogP contribution < -0.4 is 11.1 Å². The molecule has 0 heterocycles. The molecular weight excluding hydrogens is 252 g/mol. The lowest BCUT2D eigenvalue weighted by Crippen LogP contribution is -2.41. The second kappa shape index (κ2) is 11.3. The Balaban J connectivity index is 3.77. The zero-order chi connectivity index (χ0) is 13.8. The van der Waals surface area contributed by atoms with Gasteiger partial charge in [-0.2, -0.15) is 11.8 Å². The van der Waals surface area contributed by atoms with Crippen molar-refractivity contribution in [1.82, 2.24) is 5.32 Å². The lowest BCUT2D eigenvalue weighted by Gasteiger charge is -2.13. The van der Waals surface area contributed by atoms with Crippen LogP contribution in [0.1, 0.15) is 38.5 Å². The molecule has 0 aliphatic heterocycles. The molecule has 0 saturated heterocycles. The number of nitrogens with one attached hydrogen (secondary N) is 1. The number of carbonyl (C=O) groups is 2. The summed E-state index contributed by atoms with van der Waals surface area (Å²) < 4.78 is 0. The van der Waals surface area contributed by atoms with Crippen molar-refractivity contribution >= 4 is 23.6 Å². The van der Waals surface area contributed by atoms with E-state index in [2.05, 4.69) is 5.32 Å². The lowest BCUT2D eigenvalue weighted by atomic mass is 10.1. The molecule has 4 N–H and O–H groups in total. The third-order valence-electron chi connectivity index (χ3n) is 2.60. The fourth-order valence-corrected chi connectivity index (χ4v) is 2.01. The molecule has 0 radical (unpaired) electrons. The van der Waals surface area contributed by atoms with Crippen LogP contribution in [0.5, 0.6) is 0 Å². The Hall–Kier alpha value is -0.750. The molecule has 0 fully saturated rings. The summed E-state index contributed by atoms with van der Waals surface area (Å²) in [7, 11) is 0. The predicted octanol–water partition coefficient (Wildman–Crippen LogP) is 1.22. The molecule has 6 heteroatoms. The molecule has 1 atom stereocenters. The van der Waals surface area contributed by atoms with E-state index in [1.807, 2.05) is 6.26 Å². The summed E-state index contributed by atoms with van der Waals surface area (Å²) in [6.45, 7) is 0.683. The molecule has 0 aromatic heterocycles. The Labute approximate surface area is 113 Å². The molecule has 0 unspecified atom stereocenters. The minimum absolute atomic E-state index is 0.170. The number of nitrogens with two attached hydrogens (primary N) is 1. The molecule has 0 spiro atoms. The first-order chi connectivity index (χ1) is 8.61. The zero-order valence-corrected chi connectivity index (χ0v) is 11.8. The first-order valence-electron chi connectivity index (χ1n) is 6.33. The van der Waals surface area contributed by atoms with E-state index in [1.54, 1.807) is 11.8 Å². The largest absolute Gasteiger partial charge is 0.480 e. The van der Waals surface area contributed by atoms with E-state index in [-0.39, 0.29) is 5.91 Å². The number of rotatable bonds is 11. The topological polar surface area (TPSA) is 92.4 Å². The number of unbranched alkanes of at least 4 members (excludes halogenated alkanes) is 3. The third kappa shape index (κ3) is 9.30. The van der Waals surface area contributed by atoms with Crippen molar-refractivity contribution < 1.29 is 14.7 Å². The van der Waals surface area contributed by atoms with Gasteiger partial charge >= 0.3 is 5.97 Å². The average molecular weight is 276 g/mol. The first-order valence-corrected chi connectivity index (χ1v) is 7.72. The standard InChI is InChI=1S/C12H24N2O3S/c1-18-9-7-10(12(16)17)14-11(15)6-4-2-3-5-8-13/h10H,2-9,13H2,1H3,(H,14,15)(H,16,17)/t10-/m1/s1. The maximum atomic E-state index is 11.5. The number of carbonyl (C=O) groups excluding carboxylic acids is 1. The Bertz CT molecular complexity index is 249. The molecule has 5 nitrogen and oxygen atoms in total. The van der Waals surface area contributed by atoms with Crippen molar-refractivity contribution in [3.05, 3.63) is 0 Å². The van der Waals surface area contributed by atoms with Crippen LogP contribution in [-0.4, -0.2) is 41.6 Å². The number of aliphatic carboxylic acids is 1. The van der Waals surface area contributed by atoms with E-state index >= 15 is 0 Å². The van der Waals surface area contributed by atoms with Crippen molar-refractivity contribution in [1.29, 1.82) is 0 Å². The van der Waals surface area contributed by atoms with Gasteiger partial charge in [0.1, 0.15) is 6.04 Å². The van der Waals surface area contributed by atoms with Gasteiger partial charge in [-0.1, -0.05) is 12.8 Å². The number of carboxylic acids is 1. The molecule has 0 aromatic carbocycles. The van der Waals surface area contributed by atoms with Crippen LogP contribution in [-0.2, 0) is 9.59 Å². The van der Waals surface area contributed by atoms with Gasteiger partial charge in [0, 0.05) is 6.42 Å². The van der Waals surface area contributed by atoms with Crippen molar-refractivity contribution in [2.75, 3.05) is 18.6 Å². The van der Waals surface area contributed by atoms with E-state index in [0.29, 0.717) is 19.4 Å². The van der Waals surface area contributed by atoms with Crippen molar-refractivity contribution in [2.24, 2.45) is 5.73 Å². The van der Waals surface area contributed by atoms with Crippen LogP contribution in [0.4, 0.5) is 0 Å². The van der Waals surface area contributed by atoms with E-state index in [4.69, 9.17) is 10.8 Å². The van der Waals surface area contributed by atoms with Crippen LogP contribution in [0, 0.1) is 0 Å². The molecule has 0 bridgehead atoms. The fraction of sp³-hybridized carbons (Fsp3) is 0.833. The van der Waals surface area contributed by atoms with Gasteiger partial charge in [0.15, 0.2) is 0 Å². The van der Waals surface area contributed by atoms with E-state index < -0.39 is 12.0 Å². The van der Waals surface area contributed by atoms with Gasteiger partial charge in [-0.05, 0) is 37.8 Å². The monoisotopic (exact) mass is 276 g/mol. The Morgan fingerprint density at radius 2 is 1.94 bits per heavy atom. The van der Waals surface area contributed by atoms with E-state index in [0.717, 1.165) is 31.4 Å².